The molecule has 136 valence electrons. The molecule has 1 aliphatic heterocycles. The quantitative estimate of drug-likeness (QED) is 0.544. The fourth-order valence-electron chi connectivity index (χ4n) is 3.57. The summed E-state index contributed by atoms with van der Waals surface area (Å²) in [7, 11) is 0. The highest BCUT2D eigenvalue weighted by Crippen LogP contribution is 2.24. The van der Waals surface area contributed by atoms with E-state index in [1.165, 1.54) is 6.26 Å². The van der Waals surface area contributed by atoms with Crippen LogP contribution >= 0.6 is 0 Å². The topological polar surface area (TPSA) is 79.8 Å². The van der Waals surface area contributed by atoms with Gasteiger partial charge in [-0.15, -0.1) is 10.2 Å². The van der Waals surface area contributed by atoms with Crippen LogP contribution in [0.3, 0.4) is 0 Å². The Hall–Kier alpha value is -3.42. The Kier molecular flexibility index (Phi) is 3.56. The van der Waals surface area contributed by atoms with Crippen molar-refractivity contribution in [3.05, 3.63) is 54.2 Å². The Morgan fingerprint density at radius 2 is 1.85 bits per heavy atom. The molecule has 0 aliphatic carbocycles. The minimum atomic E-state index is -0.0725. The number of benzene rings is 1. The first kappa shape index (κ1) is 15.8. The molecule has 8 heteroatoms. The monoisotopic (exact) mass is 362 g/mol. The minimum Gasteiger partial charge on any atom is -0.459 e. The van der Waals surface area contributed by atoms with Gasteiger partial charge in [0.15, 0.2) is 11.4 Å². The molecule has 4 aromatic rings. The van der Waals surface area contributed by atoms with Crippen molar-refractivity contribution >= 4 is 28.4 Å². The van der Waals surface area contributed by atoms with Crippen molar-refractivity contribution < 1.29 is 9.21 Å². The van der Waals surface area contributed by atoms with Gasteiger partial charge in [-0.25, -0.2) is 9.38 Å². The van der Waals surface area contributed by atoms with Gasteiger partial charge in [0.2, 0.25) is 5.95 Å². The van der Waals surface area contributed by atoms with Gasteiger partial charge in [-0.1, -0.05) is 12.1 Å². The zero-order valence-corrected chi connectivity index (χ0v) is 14.9. The van der Waals surface area contributed by atoms with Crippen LogP contribution in [0.15, 0.2) is 47.1 Å². The highest BCUT2D eigenvalue weighted by Gasteiger charge is 2.26. The van der Waals surface area contributed by atoms with Gasteiger partial charge < -0.3 is 14.2 Å². The summed E-state index contributed by atoms with van der Waals surface area (Å²) < 4.78 is 7.23. The minimum absolute atomic E-state index is 0.0725. The van der Waals surface area contributed by atoms with E-state index < -0.39 is 0 Å². The molecular formula is C19H18N6O2. The van der Waals surface area contributed by atoms with Crippen molar-refractivity contribution in [3.8, 4) is 0 Å². The maximum atomic E-state index is 12.5. The van der Waals surface area contributed by atoms with Crippen molar-refractivity contribution in [1.82, 2.24) is 24.5 Å². The maximum Gasteiger partial charge on any atom is 0.289 e. The number of hydrogen-bond acceptors (Lipinski definition) is 6. The summed E-state index contributed by atoms with van der Waals surface area (Å²) in [5.74, 6) is 1.92. The van der Waals surface area contributed by atoms with Crippen LogP contribution in [0.2, 0.25) is 0 Å². The van der Waals surface area contributed by atoms with Crippen molar-refractivity contribution in [2.75, 3.05) is 31.1 Å². The standard InChI is InChI=1S/C19H18N6O2/c1-13-21-22-17-14-5-2-3-6-15(14)20-19(25(13)17)24-10-8-23(9-11-24)18(26)16-7-4-12-27-16/h2-7,12H,8-11H2,1H3. The molecule has 0 bridgehead atoms. The zero-order valence-electron chi connectivity index (χ0n) is 14.9. The second-order valence-corrected chi connectivity index (χ2v) is 6.59. The Labute approximate surface area is 155 Å². The van der Waals surface area contributed by atoms with Crippen LogP contribution in [0.1, 0.15) is 16.4 Å². The number of carbonyl (C=O) groups is 1. The first-order valence-electron chi connectivity index (χ1n) is 8.90. The van der Waals surface area contributed by atoms with Crippen LogP contribution in [0.25, 0.3) is 16.6 Å². The van der Waals surface area contributed by atoms with Crippen molar-refractivity contribution in [1.29, 1.82) is 0 Å². The number of furan rings is 1. The second-order valence-electron chi connectivity index (χ2n) is 6.59. The second kappa shape index (κ2) is 6.08. The lowest BCUT2D eigenvalue weighted by molar-refractivity contribution is 0.0714. The van der Waals surface area contributed by atoms with E-state index in [1.54, 1.807) is 12.1 Å². The molecule has 0 radical (unpaired) electrons. The molecule has 0 spiro atoms. The Morgan fingerprint density at radius 1 is 1.04 bits per heavy atom. The van der Waals surface area contributed by atoms with Crippen LogP contribution in [0, 0.1) is 6.92 Å². The van der Waals surface area contributed by atoms with Gasteiger partial charge in [-0.2, -0.15) is 0 Å². The molecule has 27 heavy (non-hydrogen) atoms. The maximum absolute atomic E-state index is 12.5. The van der Waals surface area contributed by atoms with Crippen LogP contribution in [-0.4, -0.2) is 56.6 Å². The lowest BCUT2D eigenvalue weighted by Crippen LogP contribution is -2.49. The van der Waals surface area contributed by atoms with Gasteiger partial charge in [-0.05, 0) is 31.2 Å². The van der Waals surface area contributed by atoms with Crippen LogP contribution < -0.4 is 4.90 Å². The smallest absolute Gasteiger partial charge is 0.289 e. The molecular weight excluding hydrogens is 344 g/mol. The number of nitrogens with zero attached hydrogens (tertiary/aromatic N) is 6. The van der Waals surface area contributed by atoms with E-state index in [4.69, 9.17) is 9.40 Å². The lowest BCUT2D eigenvalue weighted by atomic mass is 10.2. The lowest BCUT2D eigenvalue weighted by Gasteiger charge is -2.35. The van der Waals surface area contributed by atoms with Gasteiger partial charge in [0.05, 0.1) is 11.8 Å². The van der Waals surface area contributed by atoms with E-state index in [1.807, 2.05) is 40.5 Å². The predicted octanol–water partition coefficient (Wildman–Crippen LogP) is 2.14. The fourth-order valence-corrected chi connectivity index (χ4v) is 3.57. The van der Waals surface area contributed by atoms with Gasteiger partial charge in [0, 0.05) is 31.6 Å². The molecule has 8 nitrogen and oxygen atoms in total. The third kappa shape index (κ3) is 2.52. The summed E-state index contributed by atoms with van der Waals surface area (Å²) in [6, 6.07) is 11.4. The molecule has 4 heterocycles. The van der Waals surface area contributed by atoms with Gasteiger partial charge in [0.1, 0.15) is 5.82 Å². The van der Waals surface area contributed by atoms with Crippen LogP contribution in [-0.2, 0) is 0 Å². The first-order valence-corrected chi connectivity index (χ1v) is 8.90. The fraction of sp³-hybridized carbons (Fsp3) is 0.263. The van der Waals surface area contributed by atoms with E-state index in [9.17, 15) is 4.79 Å². The summed E-state index contributed by atoms with van der Waals surface area (Å²) in [5.41, 5.74) is 1.70. The summed E-state index contributed by atoms with van der Waals surface area (Å²) in [5, 5.41) is 9.58. The summed E-state index contributed by atoms with van der Waals surface area (Å²) in [6.45, 7) is 4.51. The molecule has 0 saturated carbocycles. The number of rotatable bonds is 2. The van der Waals surface area contributed by atoms with Crippen LogP contribution in [0.4, 0.5) is 5.95 Å². The van der Waals surface area contributed by atoms with E-state index >= 15 is 0 Å². The van der Waals surface area contributed by atoms with Crippen molar-refractivity contribution in [2.24, 2.45) is 0 Å². The molecule has 1 aliphatic rings. The molecule has 1 saturated heterocycles. The average molecular weight is 362 g/mol. The summed E-state index contributed by atoms with van der Waals surface area (Å²) in [4.78, 5) is 21.3. The van der Waals surface area contributed by atoms with E-state index in [0.29, 0.717) is 31.9 Å². The average Bonchev–Trinajstić information content (AvgIpc) is 3.38. The molecule has 0 N–H and O–H groups in total. The number of amides is 1. The number of carbonyl (C=O) groups excluding carboxylic acids is 1. The number of fused-ring (bicyclic) bond motifs is 3. The predicted molar refractivity (Wildman–Crippen MR) is 99.8 cm³/mol. The van der Waals surface area contributed by atoms with Crippen molar-refractivity contribution in [2.45, 2.75) is 6.92 Å². The Morgan fingerprint density at radius 3 is 2.63 bits per heavy atom. The highest BCUT2D eigenvalue weighted by molar-refractivity contribution is 5.93. The summed E-state index contributed by atoms with van der Waals surface area (Å²) >= 11 is 0. The van der Waals surface area contributed by atoms with Crippen LogP contribution in [0.5, 0.6) is 0 Å². The third-order valence-corrected chi connectivity index (χ3v) is 4.97. The molecule has 3 aromatic heterocycles. The molecule has 0 unspecified atom stereocenters. The molecule has 1 aromatic carbocycles. The van der Waals surface area contributed by atoms with E-state index in [0.717, 1.165) is 28.3 Å². The van der Waals surface area contributed by atoms with E-state index in [-0.39, 0.29) is 5.91 Å². The van der Waals surface area contributed by atoms with Gasteiger partial charge >= 0.3 is 0 Å². The molecule has 1 fully saturated rings. The largest absolute Gasteiger partial charge is 0.459 e. The van der Waals surface area contributed by atoms with E-state index in [2.05, 4.69) is 15.1 Å². The number of para-hydroxylation sites is 1. The SMILES string of the molecule is Cc1nnc2c3ccccc3nc(N3CCN(C(=O)c4ccco4)CC3)n12. The number of aryl methyl sites for hydroxylation is 1. The van der Waals surface area contributed by atoms with Gasteiger partial charge in [-0.3, -0.25) is 4.79 Å². The van der Waals surface area contributed by atoms with Gasteiger partial charge in [0.25, 0.3) is 5.91 Å². The zero-order chi connectivity index (χ0) is 18.4. The van der Waals surface area contributed by atoms with Crippen molar-refractivity contribution in [3.63, 3.8) is 0 Å². The Bertz CT molecular complexity index is 1130. The number of hydrogen-bond donors (Lipinski definition) is 0. The number of piperazine rings is 1. The normalized spacial score (nSPS) is 15.0. The first-order chi connectivity index (χ1) is 13.2. The molecule has 0 atom stereocenters. The number of aromatic nitrogens is 4. The summed E-state index contributed by atoms with van der Waals surface area (Å²) in [6.07, 6.45) is 1.52. The Balaban J connectivity index is 1.48. The number of anilines is 1. The molecule has 5 rings (SSSR count). The third-order valence-electron chi connectivity index (χ3n) is 4.97. The highest BCUT2D eigenvalue weighted by atomic mass is 16.3. The molecule has 1 amide bonds.